The largest absolute Gasteiger partial charge is 0.497 e. The van der Waals surface area contributed by atoms with Crippen LogP contribution in [0.4, 0.5) is 5.95 Å². The van der Waals surface area contributed by atoms with Gasteiger partial charge in [-0.1, -0.05) is 35.3 Å². The minimum absolute atomic E-state index is 0.215. The molecule has 0 aliphatic carbocycles. The fourth-order valence-corrected chi connectivity index (χ4v) is 5.45. The molecule has 0 radical (unpaired) electrons. The summed E-state index contributed by atoms with van der Waals surface area (Å²) in [7, 11) is 1.51. The van der Waals surface area contributed by atoms with Gasteiger partial charge in [0.15, 0.2) is 0 Å². The van der Waals surface area contributed by atoms with Gasteiger partial charge in [0.2, 0.25) is 11.9 Å². The summed E-state index contributed by atoms with van der Waals surface area (Å²) in [6.45, 7) is 2.95. The second-order valence-electron chi connectivity index (χ2n) is 10.1. The highest BCUT2D eigenvalue weighted by Gasteiger charge is 2.35. The number of aliphatic hydroxyl groups is 1. The molecule has 2 aliphatic rings. The van der Waals surface area contributed by atoms with E-state index in [1.54, 1.807) is 37.4 Å². The van der Waals surface area contributed by atoms with E-state index in [4.69, 9.17) is 32.7 Å². The van der Waals surface area contributed by atoms with Crippen molar-refractivity contribution in [3.05, 3.63) is 69.3 Å². The molecule has 216 valence electrons. The Morgan fingerprint density at radius 1 is 1.22 bits per heavy atom. The van der Waals surface area contributed by atoms with Crippen molar-refractivity contribution in [2.45, 2.75) is 44.4 Å². The maximum Gasteiger partial charge on any atom is 0.255 e. The van der Waals surface area contributed by atoms with E-state index < -0.39 is 18.0 Å². The molecule has 2 aromatic carbocycles. The normalized spacial score (nSPS) is 16.7. The quantitative estimate of drug-likeness (QED) is 0.333. The van der Waals surface area contributed by atoms with Gasteiger partial charge >= 0.3 is 0 Å². The molecule has 10 nitrogen and oxygen atoms in total. The Hall–Kier alpha value is -3.44. The van der Waals surface area contributed by atoms with Gasteiger partial charge in [-0.25, -0.2) is 9.97 Å². The summed E-state index contributed by atoms with van der Waals surface area (Å²) in [4.78, 5) is 37.1. The minimum atomic E-state index is -0.800. The molecule has 41 heavy (non-hydrogen) atoms. The second-order valence-corrected chi connectivity index (χ2v) is 10.9. The highest BCUT2D eigenvalue weighted by atomic mass is 35.5. The number of carbonyl (C=O) groups excluding carboxylic acids is 2. The predicted octanol–water partition coefficient (Wildman–Crippen LogP) is 4.24. The van der Waals surface area contributed by atoms with E-state index in [1.807, 2.05) is 12.1 Å². The Labute approximate surface area is 248 Å². The average Bonchev–Trinajstić information content (AvgIpc) is 3.31. The Balaban J connectivity index is 1.31. The minimum Gasteiger partial charge on any atom is -0.497 e. The monoisotopic (exact) mass is 599 g/mol. The Bertz CT molecular complexity index is 1450. The molecular formula is C29H31Cl2N5O5. The SMILES string of the molecule is COc1cc(Cl)cc(C(CO)NC(=O)C(C)N2Cc3ccc(-c4nc(NC5CCOCC5)ncc4Cl)cc3C2=O)c1. The molecule has 0 bridgehead atoms. The lowest BCUT2D eigenvalue weighted by atomic mass is 10.0. The first kappa shape index (κ1) is 29.1. The van der Waals surface area contributed by atoms with Crippen LogP contribution in [0, 0.1) is 0 Å². The number of benzene rings is 2. The van der Waals surface area contributed by atoms with Crippen LogP contribution < -0.4 is 15.4 Å². The molecule has 0 saturated carbocycles. The summed E-state index contributed by atoms with van der Waals surface area (Å²) < 4.78 is 10.7. The Morgan fingerprint density at radius 3 is 2.73 bits per heavy atom. The molecule has 2 aliphatic heterocycles. The van der Waals surface area contributed by atoms with E-state index in [0.717, 1.165) is 18.4 Å². The van der Waals surface area contributed by atoms with Crippen LogP contribution in [0.1, 0.15) is 47.3 Å². The highest BCUT2D eigenvalue weighted by molar-refractivity contribution is 6.33. The van der Waals surface area contributed by atoms with Crippen LogP contribution in [-0.4, -0.2) is 70.8 Å². The van der Waals surface area contributed by atoms with Crippen molar-refractivity contribution in [2.24, 2.45) is 0 Å². The summed E-state index contributed by atoms with van der Waals surface area (Å²) in [6, 6.07) is 9.13. The molecule has 3 N–H and O–H groups in total. The molecule has 2 amide bonds. The number of nitrogens with zero attached hydrogens (tertiary/aromatic N) is 3. The van der Waals surface area contributed by atoms with E-state index >= 15 is 0 Å². The maximum absolute atomic E-state index is 13.5. The highest BCUT2D eigenvalue weighted by Crippen LogP contribution is 2.33. The third-order valence-electron chi connectivity index (χ3n) is 7.39. The van der Waals surface area contributed by atoms with E-state index in [0.29, 0.717) is 57.3 Å². The van der Waals surface area contributed by atoms with Crippen molar-refractivity contribution in [1.82, 2.24) is 20.2 Å². The average molecular weight is 601 g/mol. The third kappa shape index (κ3) is 6.41. The van der Waals surface area contributed by atoms with Crippen LogP contribution in [0.2, 0.25) is 10.0 Å². The Morgan fingerprint density at radius 2 is 2.00 bits per heavy atom. The van der Waals surface area contributed by atoms with Gasteiger partial charge in [0.1, 0.15) is 11.8 Å². The number of hydrogen-bond donors (Lipinski definition) is 3. The van der Waals surface area contributed by atoms with Crippen LogP contribution in [0.5, 0.6) is 5.75 Å². The van der Waals surface area contributed by atoms with Crippen LogP contribution in [0.3, 0.4) is 0 Å². The molecular weight excluding hydrogens is 569 g/mol. The molecule has 1 aromatic heterocycles. The predicted molar refractivity (Wildman–Crippen MR) is 155 cm³/mol. The van der Waals surface area contributed by atoms with Crippen molar-refractivity contribution in [1.29, 1.82) is 0 Å². The van der Waals surface area contributed by atoms with Gasteiger partial charge in [-0.05, 0) is 55.2 Å². The fourth-order valence-electron chi connectivity index (χ4n) is 5.02. The number of nitrogens with one attached hydrogen (secondary N) is 2. The molecule has 0 spiro atoms. The van der Waals surface area contributed by atoms with Gasteiger partial charge in [-0.3, -0.25) is 9.59 Å². The number of aromatic nitrogens is 2. The van der Waals surface area contributed by atoms with Gasteiger partial charge < -0.3 is 30.1 Å². The smallest absolute Gasteiger partial charge is 0.255 e. The number of fused-ring (bicyclic) bond motifs is 1. The van der Waals surface area contributed by atoms with Crippen LogP contribution in [-0.2, 0) is 16.1 Å². The number of hydrogen-bond acceptors (Lipinski definition) is 8. The number of aliphatic hydroxyl groups excluding tert-OH is 1. The molecule has 5 rings (SSSR count). The second kappa shape index (κ2) is 12.6. The molecule has 1 saturated heterocycles. The molecule has 3 heterocycles. The van der Waals surface area contributed by atoms with Crippen molar-refractivity contribution in [2.75, 3.05) is 32.2 Å². The van der Waals surface area contributed by atoms with Gasteiger partial charge in [-0.2, -0.15) is 0 Å². The number of methoxy groups -OCH3 is 1. The van der Waals surface area contributed by atoms with Crippen molar-refractivity contribution < 1.29 is 24.2 Å². The first-order chi connectivity index (χ1) is 19.8. The standard InChI is InChI=1S/C29H31Cl2N5O5/c1-16(27(38)34-25(15-37)19-9-20(30)12-22(10-19)40-2)36-14-18-4-3-17(11-23(18)28(36)39)26-24(31)13-32-29(35-26)33-21-5-7-41-8-6-21/h3-4,9-13,16,21,25,37H,5-8,14-15H2,1-2H3,(H,34,38)(H,32,33,35). The van der Waals surface area contributed by atoms with E-state index in [-0.39, 0.29) is 25.1 Å². The zero-order chi connectivity index (χ0) is 29.1. The molecule has 12 heteroatoms. The van der Waals surface area contributed by atoms with Crippen LogP contribution in [0.25, 0.3) is 11.3 Å². The van der Waals surface area contributed by atoms with Crippen LogP contribution in [0.15, 0.2) is 42.6 Å². The summed E-state index contributed by atoms with van der Waals surface area (Å²) in [6.07, 6.45) is 3.28. The number of anilines is 1. The zero-order valence-electron chi connectivity index (χ0n) is 22.7. The first-order valence-electron chi connectivity index (χ1n) is 13.3. The molecule has 2 atom stereocenters. The lowest BCUT2D eigenvalue weighted by molar-refractivity contribution is -0.126. The van der Waals surface area contributed by atoms with Crippen molar-refractivity contribution in [3.8, 4) is 17.0 Å². The summed E-state index contributed by atoms with van der Waals surface area (Å²) in [5.41, 5.74) is 3.05. The zero-order valence-corrected chi connectivity index (χ0v) is 24.2. The van der Waals surface area contributed by atoms with Gasteiger partial charge in [0.05, 0.1) is 36.7 Å². The fraction of sp³-hybridized carbons (Fsp3) is 0.379. The number of ether oxygens (including phenoxy) is 2. The van der Waals surface area contributed by atoms with Gasteiger partial charge in [-0.15, -0.1) is 0 Å². The number of amides is 2. The van der Waals surface area contributed by atoms with E-state index in [1.165, 1.54) is 12.0 Å². The molecule has 3 aromatic rings. The molecule has 2 unspecified atom stereocenters. The number of carbonyl (C=O) groups is 2. The maximum atomic E-state index is 13.5. The summed E-state index contributed by atoms with van der Waals surface area (Å²) >= 11 is 12.6. The van der Waals surface area contributed by atoms with Gasteiger partial charge in [0.25, 0.3) is 5.91 Å². The van der Waals surface area contributed by atoms with Gasteiger partial charge in [0, 0.05) is 41.9 Å². The summed E-state index contributed by atoms with van der Waals surface area (Å²) in [5, 5.41) is 16.9. The third-order valence-corrected chi connectivity index (χ3v) is 7.89. The molecule has 1 fully saturated rings. The van der Waals surface area contributed by atoms with E-state index in [9.17, 15) is 14.7 Å². The lowest BCUT2D eigenvalue weighted by Crippen LogP contribution is -2.46. The van der Waals surface area contributed by atoms with Crippen molar-refractivity contribution >= 4 is 41.0 Å². The topological polar surface area (TPSA) is 126 Å². The number of rotatable bonds is 9. The summed E-state index contributed by atoms with van der Waals surface area (Å²) in [5.74, 6) is 0.280. The van der Waals surface area contributed by atoms with Crippen LogP contribution >= 0.6 is 23.2 Å². The van der Waals surface area contributed by atoms with E-state index in [2.05, 4.69) is 20.6 Å². The lowest BCUT2D eigenvalue weighted by Gasteiger charge is -2.26. The number of halogens is 2. The Kier molecular flexibility index (Phi) is 8.94. The first-order valence-corrected chi connectivity index (χ1v) is 14.1. The van der Waals surface area contributed by atoms with Crippen molar-refractivity contribution in [3.63, 3.8) is 0 Å².